The highest BCUT2D eigenvalue weighted by Crippen LogP contribution is 2.31. The van der Waals surface area contributed by atoms with Crippen molar-refractivity contribution in [3.8, 4) is 5.75 Å². The fraction of sp³-hybridized carbons (Fsp3) is 0.364. The Labute approximate surface area is 98.0 Å². The lowest BCUT2D eigenvalue weighted by Gasteiger charge is -2.06. The van der Waals surface area contributed by atoms with Gasteiger partial charge in [-0.15, -0.1) is 0 Å². The van der Waals surface area contributed by atoms with E-state index in [1.54, 1.807) is 12.1 Å². The summed E-state index contributed by atoms with van der Waals surface area (Å²) < 4.78 is 4.92. The topological polar surface area (TPSA) is 89.7 Å². The predicted octanol–water partition coefficient (Wildman–Crippen LogP) is 2.01. The number of carboxylic acid groups (broad SMARTS) is 1. The molecule has 0 saturated carbocycles. The number of methoxy groups -OCH3 is 1. The summed E-state index contributed by atoms with van der Waals surface area (Å²) in [4.78, 5) is 20.8. The van der Waals surface area contributed by atoms with Gasteiger partial charge in [-0.3, -0.25) is 14.9 Å². The Morgan fingerprint density at radius 1 is 1.53 bits per heavy atom. The highest BCUT2D eigenvalue weighted by Gasteiger charge is 2.19. The van der Waals surface area contributed by atoms with E-state index in [0.717, 1.165) is 0 Å². The molecule has 92 valence electrons. The van der Waals surface area contributed by atoms with Crippen molar-refractivity contribution in [3.63, 3.8) is 0 Å². The zero-order valence-corrected chi connectivity index (χ0v) is 9.38. The summed E-state index contributed by atoms with van der Waals surface area (Å²) in [6.45, 7) is 0. The van der Waals surface area contributed by atoms with Crippen LogP contribution in [0.2, 0.25) is 0 Å². The van der Waals surface area contributed by atoms with Gasteiger partial charge in [-0.2, -0.15) is 0 Å². The predicted molar refractivity (Wildman–Crippen MR) is 60.2 cm³/mol. The Morgan fingerprint density at radius 3 is 2.76 bits per heavy atom. The molecule has 0 saturated heterocycles. The number of carboxylic acids is 1. The van der Waals surface area contributed by atoms with Crippen LogP contribution in [0.3, 0.4) is 0 Å². The van der Waals surface area contributed by atoms with Crippen LogP contribution in [0.4, 0.5) is 5.69 Å². The van der Waals surface area contributed by atoms with Crippen molar-refractivity contribution in [2.45, 2.75) is 19.3 Å². The standard InChI is InChI=1S/C11H13NO5/c1-17-9-6-2-4-8(11(9)12(15)16)5-3-7-10(13)14/h2,4,6H,3,5,7H2,1H3,(H,13,14). The maximum atomic E-state index is 10.9. The average molecular weight is 239 g/mol. The van der Waals surface area contributed by atoms with Gasteiger partial charge in [-0.05, 0) is 18.9 Å². The Morgan fingerprint density at radius 2 is 2.24 bits per heavy atom. The van der Waals surface area contributed by atoms with Crippen LogP contribution in [0.5, 0.6) is 5.75 Å². The third-order valence-electron chi connectivity index (χ3n) is 2.32. The van der Waals surface area contributed by atoms with Crippen LogP contribution < -0.4 is 4.74 Å². The third-order valence-corrected chi connectivity index (χ3v) is 2.32. The molecule has 6 nitrogen and oxygen atoms in total. The molecule has 0 fully saturated rings. The number of nitrogens with zero attached hydrogens (tertiary/aromatic N) is 1. The first-order valence-electron chi connectivity index (χ1n) is 5.08. The molecule has 0 amide bonds. The molecule has 0 atom stereocenters. The van der Waals surface area contributed by atoms with E-state index in [4.69, 9.17) is 9.84 Å². The summed E-state index contributed by atoms with van der Waals surface area (Å²) in [6.07, 6.45) is 0.706. The molecule has 1 rings (SSSR count). The fourth-order valence-electron chi connectivity index (χ4n) is 1.57. The van der Waals surface area contributed by atoms with Crippen LogP contribution in [0.1, 0.15) is 18.4 Å². The summed E-state index contributed by atoms with van der Waals surface area (Å²) in [7, 11) is 1.36. The molecular weight excluding hydrogens is 226 g/mol. The Kier molecular flexibility index (Phi) is 4.45. The van der Waals surface area contributed by atoms with Gasteiger partial charge in [0, 0.05) is 12.0 Å². The first-order chi connectivity index (χ1) is 8.06. The number of benzene rings is 1. The smallest absolute Gasteiger partial charge is 0.314 e. The number of nitro benzene ring substituents is 1. The van der Waals surface area contributed by atoms with Crippen LogP contribution in [0.15, 0.2) is 18.2 Å². The van der Waals surface area contributed by atoms with Crippen molar-refractivity contribution in [1.82, 2.24) is 0 Å². The molecule has 1 aromatic rings. The molecule has 17 heavy (non-hydrogen) atoms. The van der Waals surface area contributed by atoms with E-state index in [9.17, 15) is 14.9 Å². The van der Waals surface area contributed by atoms with Gasteiger partial charge in [0.2, 0.25) is 0 Å². The molecule has 0 heterocycles. The molecule has 0 radical (unpaired) electrons. The van der Waals surface area contributed by atoms with Crippen molar-refractivity contribution < 1.29 is 19.6 Å². The number of ether oxygens (including phenoxy) is 1. The Balaban J connectivity index is 2.90. The normalized spacial score (nSPS) is 9.94. The number of nitro groups is 1. The lowest BCUT2D eigenvalue weighted by Crippen LogP contribution is -2.01. The number of rotatable bonds is 6. The van der Waals surface area contributed by atoms with Crippen LogP contribution in [0, 0.1) is 10.1 Å². The molecule has 0 unspecified atom stereocenters. The minimum absolute atomic E-state index is 0.00559. The zero-order chi connectivity index (χ0) is 12.8. The quantitative estimate of drug-likeness (QED) is 0.605. The molecule has 0 aliphatic heterocycles. The number of hydrogen-bond acceptors (Lipinski definition) is 4. The van der Waals surface area contributed by atoms with Gasteiger partial charge in [-0.1, -0.05) is 12.1 Å². The van der Waals surface area contributed by atoms with Crippen LogP contribution in [0.25, 0.3) is 0 Å². The van der Waals surface area contributed by atoms with Gasteiger partial charge >= 0.3 is 11.7 Å². The highest BCUT2D eigenvalue weighted by atomic mass is 16.6. The largest absolute Gasteiger partial charge is 0.490 e. The van der Waals surface area contributed by atoms with Crippen molar-refractivity contribution >= 4 is 11.7 Å². The number of hydrogen-bond donors (Lipinski definition) is 1. The second kappa shape index (κ2) is 5.83. The zero-order valence-electron chi connectivity index (χ0n) is 9.38. The lowest BCUT2D eigenvalue weighted by molar-refractivity contribution is -0.386. The molecular formula is C11H13NO5. The summed E-state index contributed by atoms with van der Waals surface area (Å²) >= 11 is 0. The van der Waals surface area contributed by atoms with E-state index in [1.165, 1.54) is 13.2 Å². The summed E-state index contributed by atoms with van der Waals surface area (Å²) in [5, 5.41) is 19.4. The average Bonchev–Trinajstić information content (AvgIpc) is 2.27. The van der Waals surface area contributed by atoms with Crippen molar-refractivity contribution in [3.05, 3.63) is 33.9 Å². The number of carbonyl (C=O) groups is 1. The van der Waals surface area contributed by atoms with Crippen molar-refractivity contribution in [1.29, 1.82) is 0 Å². The lowest BCUT2D eigenvalue weighted by atomic mass is 10.1. The van der Waals surface area contributed by atoms with E-state index in [0.29, 0.717) is 18.4 Å². The molecule has 6 heteroatoms. The van der Waals surface area contributed by atoms with Gasteiger partial charge in [-0.25, -0.2) is 0 Å². The van der Waals surface area contributed by atoms with Gasteiger partial charge in [0.15, 0.2) is 5.75 Å². The molecule has 0 aliphatic carbocycles. The molecule has 0 spiro atoms. The number of para-hydroxylation sites is 1. The Hall–Kier alpha value is -2.11. The maximum absolute atomic E-state index is 10.9. The van der Waals surface area contributed by atoms with Gasteiger partial charge < -0.3 is 9.84 Å². The van der Waals surface area contributed by atoms with Crippen LogP contribution in [-0.2, 0) is 11.2 Å². The first-order valence-corrected chi connectivity index (χ1v) is 5.08. The van der Waals surface area contributed by atoms with Crippen molar-refractivity contribution in [2.75, 3.05) is 7.11 Å². The fourth-order valence-corrected chi connectivity index (χ4v) is 1.57. The van der Waals surface area contributed by atoms with Crippen LogP contribution >= 0.6 is 0 Å². The summed E-state index contributed by atoms with van der Waals surface area (Å²) in [6, 6.07) is 4.78. The number of aliphatic carboxylic acids is 1. The highest BCUT2D eigenvalue weighted by molar-refractivity contribution is 5.66. The van der Waals surface area contributed by atoms with E-state index >= 15 is 0 Å². The summed E-state index contributed by atoms with van der Waals surface area (Å²) in [5.41, 5.74) is 0.413. The summed E-state index contributed by atoms with van der Waals surface area (Å²) in [5.74, 6) is -0.710. The van der Waals surface area contributed by atoms with Crippen LogP contribution in [-0.4, -0.2) is 23.1 Å². The second-order valence-electron chi connectivity index (χ2n) is 3.47. The molecule has 0 aromatic heterocycles. The molecule has 1 N–H and O–H groups in total. The minimum Gasteiger partial charge on any atom is -0.490 e. The Bertz CT molecular complexity index is 430. The van der Waals surface area contributed by atoms with E-state index < -0.39 is 10.9 Å². The van der Waals surface area contributed by atoms with E-state index in [-0.39, 0.29) is 17.9 Å². The third kappa shape index (κ3) is 3.44. The second-order valence-corrected chi connectivity index (χ2v) is 3.47. The maximum Gasteiger partial charge on any atom is 0.314 e. The van der Waals surface area contributed by atoms with Gasteiger partial charge in [0.1, 0.15) is 0 Å². The van der Waals surface area contributed by atoms with Gasteiger partial charge in [0.25, 0.3) is 0 Å². The first kappa shape index (κ1) is 13.0. The number of aryl methyl sites for hydroxylation is 1. The van der Waals surface area contributed by atoms with Gasteiger partial charge in [0.05, 0.1) is 12.0 Å². The SMILES string of the molecule is COc1cccc(CCCC(=O)O)c1[N+](=O)[O-]. The van der Waals surface area contributed by atoms with E-state index in [2.05, 4.69) is 0 Å². The molecule has 0 aliphatic rings. The molecule has 1 aromatic carbocycles. The van der Waals surface area contributed by atoms with Crippen molar-refractivity contribution in [2.24, 2.45) is 0 Å². The monoisotopic (exact) mass is 239 g/mol. The van der Waals surface area contributed by atoms with E-state index in [1.807, 2.05) is 0 Å². The minimum atomic E-state index is -0.907. The molecule has 0 bridgehead atoms.